The number of nitrogens with zero attached hydrogens (tertiary/aromatic N) is 2. The van der Waals surface area contributed by atoms with E-state index >= 15 is 0 Å². The summed E-state index contributed by atoms with van der Waals surface area (Å²) in [6.07, 6.45) is -1.07. The Morgan fingerprint density at radius 3 is 2.50 bits per heavy atom. The number of rotatable bonds is 3. The molecule has 1 heterocycles. The quantitative estimate of drug-likeness (QED) is 0.748. The highest BCUT2D eigenvalue weighted by atomic mass is 19.3. The highest BCUT2D eigenvalue weighted by Crippen LogP contribution is 2.22. The van der Waals surface area contributed by atoms with E-state index in [0.717, 1.165) is 10.8 Å². The fourth-order valence-corrected chi connectivity index (χ4v) is 1.48. The molecule has 16 heavy (non-hydrogen) atoms. The molecular weight excluding hydrogens is 214 g/mol. The van der Waals surface area contributed by atoms with Gasteiger partial charge in [0.25, 0.3) is 6.43 Å². The number of carbonyl (C=O) groups is 1. The summed E-state index contributed by atoms with van der Waals surface area (Å²) in [7, 11) is 0. The highest BCUT2D eigenvalue weighted by molar-refractivity contribution is 5.73. The number of hydrogen-bond donors (Lipinski definition) is 0. The fraction of sp³-hybridized carbons (Fsp3) is 0.0909. The summed E-state index contributed by atoms with van der Waals surface area (Å²) in [6.45, 7) is 0. The van der Waals surface area contributed by atoms with Gasteiger partial charge in [0, 0.05) is 5.69 Å². The van der Waals surface area contributed by atoms with Crippen LogP contribution in [0.2, 0.25) is 0 Å². The van der Waals surface area contributed by atoms with Crippen LogP contribution < -0.4 is 0 Å². The van der Waals surface area contributed by atoms with Gasteiger partial charge in [-0.3, -0.25) is 9.36 Å². The van der Waals surface area contributed by atoms with Crippen LogP contribution in [0.3, 0.4) is 0 Å². The molecule has 0 amide bonds. The van der Waals surface area contributed by atoms with Gasteiger partial charge in [0.2, 0.25) is 0 Å². The molecule has 1 aromatic heterocycles. The maximum Gasteiger partial charge on any atom is 0.295 e. The first-order chi connectivity index (χ1) is 7.74. The molecule has 0 unspecified atom stereocenters. The Hall–Kier alpha value is -2.04. The molecule has 0 bridgehead atoms. The molecule has 3 nitrogen and oxygen atoms in total. The fourth-order valence-electron chi connectivity index (χ4n) is 1.48. The number of imidazole rings is 1. The molecule has 5 heteroatoms. The molecule has 2 aromatic rings. The average Bonchev–Trinajstić information content (AvgIpc) is 2.73. The van der Waals surface area contributed by atoms with Crippen LogP contribution in [0.15, 0.2) is 36.5 Å². The second-order valence-electron chi connectivity index (χ2n) is 3.13. The van der Waals surface area contributed by atoms with E-state index in [0.29, 0.717) is 12.0 Å². The van der Waals surface area contributed by atoms with Crippen LogP contribution in [0.5, 0.6) is 0 Å². The molecular formula is C11H8F2N2O. The van der Waals surface area contributed by atoms with Crippen LogP contribution in [0.1, 0.15) is 22.7 Å². The molecule has 0 aliphatic rings. The van der Waals surface area contributed by atoms with E-state index in [4.69, 9.17) is 0 Å². The van der Waals surface area contributed by atoms with Gasteiger partial charge in [-0.1, -0.05) is 18.2 Å². The van der Waals surface area contributed by atoms with Crippen molar-refractivity contribution in [2.45, 2.75) is 6.43 Å². The van der Waals surface area contributed by atoms with E-state index in [2.05, 4.69) is 4.98 Å². The molecule has 1 aromatic carbocycles. The number of alkyl halides is 2. The first-order valence-electron chi connectivity index (χ1n) is 4.60. The first kappa shape index (κ1) is 10.5. The van der Waals surface area contributed by atoms with Gasteiger partial charge in [0.15, 0.2) is 12.1 Å². The average molecular weight is 222 g/mol. The lowest BCUT2D eigenvalue weighted by molar-refractivity contribution is 0.111. The Bertz CT molecular complexity index is 494. The molecule has 82 valence electrons. The lowest BCUT2D eigenvalue weighted by atomic mass is 10.3. The largest absolute Gasteiger partial charge is 0.296 e. The number of carbonyl (C=O) groups excluding carboxylic acids is 1. The van der Waals surface area contributed by atoms with Crippen LogP contribution in [-0.2, 0) is 0 Å². The van der Waals surface area contributed by atoms with Gasteiger partial charge >= 0.3 is 0 Å². The number of benzene rings is 1. The smallest absolute Gasteiger partial charge is 0.295 e. The summed E-state index contributed by atoms with van der Waals surface area (Å²) >= 11 is 0. The molecule has 0 aliphatic heterocycles. The Labute approximate surface area is 90.3 Å². The molecule has 0 radical (unpaired) electrons. The van der Waals surface area contributed by atoms with E-state index in [1.54, 1.807) is 30.3 Å². The highest BCUT2D eigenvalue weighted by Gasteiger charge is 2.18. The van der Waals surface area contributed by atoms with E-state index in [1.807, 2.05) is 0 Å². The number of halogens is 2. The van der Waals surface area contributed by atoms with Crippen molar-refractivity contribution in [2.24, 2.45) is 0 Å². The van der Waals surface area contributed by atoms with Crippen molar-refractivity contribution in [2.75, 3.05) is 0 Å². The maximum absolute atomic E-state index is 12.7. The molecule has 0 N–H and O–H groups in total. The predicted molar refractivity (Wildman–Crippen MR) is 53.9 cm³/mol. The molecule has 0 atom stereocenters. The second-order valence-corrected chi connectivity index (χ2v) is 3.13. The van der Waals surface area contributed by atoms with Gasteiger partial charge in [-0.25, -0.2) is 13.8 Å². The van der Waals surface area contributed by atoms with Crippen LogP contribution in [0.4, 0.5) is 8.78 Å². The van der Waals surface area contributed by atoms with Crippen molar-refractivity contribution >= 4 is 6.29 Å². The summed E-state index contributed by atoms with van der Waals surface area (Å²) in [4.78, 5) is 14.3. The zero-order valence-corrected chi connectivity index (χ0v) is 8.18. The number of aldehydes is 1. The zero-order chi connectivity index (χ0) is 11.5. The van der Waals surface area contributed by atoms with Crippen LogP contribution in [0, 0.1) is 0 Å². The van der Waals surface area contributed by atoms with E-state index in [9.17, 15) is 13.6 Å². The van der Waals surface area contributed by atoms with Gasteiger partial charge < -0.3 is 0 Å². The van der Waals surface area contributed by atoms with E-state index < -0.39 is 12.2 Å². The van der Waals surface area contributed by atoms with Crippen LogP contribution >= 0.6 is 0 Å². The van der Waals surface area contributed by atoms with Crippen molar-refractivity contribution in [1.82, 2.24) is 9.55 Å². The summed E-state index contributed by atoms with van der Waals surface area (Å²) in [5, 5.41) is 0. The molecule has 2 rings (SSSR count). The second kappa shape index (κ2) is 4.22. The Balaban J connectivity index is 2.61. The van der Waals surface area contributed by atoms with Crippen molar-refractivity contribution in [3.8, 4) is 5.69 Å². The number of hydrogen-bond acceptors (Lipinski definition) is 2. The monoisotopic (exact) mass is 222 g/mol. The minimum Gasteiger partial charge on any atom is -0.296 e. The van der Waals surface area contributed by atoms with Crippen molar-refractivity contribution in [3.05, 3.63) is 48.0 Å². The van der Waals surface area contributed by atoms with Crippen molar-refractivity contribution in [1.29, 1.82) is 0 Å². The lowest BCUT2D eigenvalue weighted by Crippen LogP contribution is -2.04. The summed E-state index contributed by atoms with van der Waals surface area (Å²) in [5.41, 5.74) is 0.610. The first-order valence-corrected chi connectivity index (χ1v) is 4.60. The standard InChI is InChI=1S/C11H8F2N2O/c12-10(13)11-14-6-9(7-16)15(11)8-4-2-1-3-5-8/h1-7,10H. The third-order valence-electron chi connectivity index (χ3n) is 2.15. The van der Waals surface area contributed by atoms with E-state index in [1.165, 1.54) is 0 Å². The predicted octanol–water partition coefficient (Wildman–Crippen LogP) is 2.62. The Kier molecular flexibility index (Phi) is 2.76. The Morgan fingerprint density at radius 2 is 1.94 bits per heavy atom. The lowest BCUT2D eigenvalue weighted by Gasteiger charge is -2.08. The van der Waals surface area contributed by atoms with Gasteiger partial charge in [0.1, 0.15) is 5.69 Å². The minimum absolute atomic E-state index is 0.113. The van der Waals surface area contributed by atoms with Gasteiger partial charge in [0.05, 0.1) is 6.20 Å². The SMILES string of the molecule is O=Cc1cnc(C(F)F)n1-c1ccccc1. The van der Waals surface area contributed by atoms with Crippen molar-refractivity contribution in [3.63, 3.8) is 0 Å². The minimum atomic E-state index is -2.71. The van der Waals surface area contributed by atoms with Crippen LogP contribution in [0.25, 0.3) is 5.69 Å². The Morgan fingerprint density at radius 1 is 1.25 bits per heavy atom. The third-order valence-corrected chi connectivity index (χ3v) is 2.15. The topological polar surface area (TPSA) is 34.9 Å². The summed E-state index contributed by atoms with van der Waals surface area (Å²) < 4.78 is 26.5. The molecule has 0 aliphatic carbocycles. The maximum atomic E-state index is 12.7. The normalized spacial score (nSPS) is 10.7. The summed E-state index contributed by atoms with van der Waals surface area (Å²) in [5.74, 6) is -0.423. The van der Waals surface area contributed by atoms with Crippen molar-refractivity contribution < 1.29 is 13.6 Å². The third kappa shape index (κ3) is 1.71. The summed E-state index contributed by atoms with van der Waals surface area (Å²) in [6, 6.07) is 8.46. The molecule has 0 spiro atoms. The zero-order valence-electron chi connectivity index (χ0n) is 8.18. The van der Waals surface area contributed by atoms with Crippen LogP contribution in [-0.4, -0.2) is 15.8 Å². The van der Waals surface area contributed by atoms with E-state index in [-0.39, 0.29) is 5.69 Å². The van der Waals surface area contributed by atoms with Gasteiger partial charge in [-0.15, -0.1) is 0 Å². The number of para-hydroxylation sites is 1. The molecule has 0 saturated carbocycles. The number of aromatic nitrogens is 2. The van der Waals surface area contributed by atoms with Gasteiger partial charge in [-0.2, -0.15) is 0 Å². The molecule has 0 fully saturated rings. The molecule has 0 saturated heterocycles. The van der Waals surface area contributed by atoms with Gasteiger partial charge in [-0.05, 0) is 12.1 Å².